The molecule has 0 unspecified atom stereocenters. The fourth-order valence-electron chi connectivity index (χ4n) is 4.70. The van der Waals surface area contributed by atoms with Crippen LogP contribution in [0.25, 0.3) is 5.73 Å². The van der Waals surface area contributed by atoms with Crippen molar-refractivity contribution in [1.29, 1.82) is 0 Å². The Morgan fingerprint density at radius 1 is 0.868 bits per heavy atom. The average Bonchev–Trinajstić information content (AvgIpc) is 2.96. The fourth-order valence-corrected chi connectivity index (χ4v) is 4.70. The summed E-state index contributed by atoms with van der Waals surface area (Å²) in [5.74, 6) is 1.22. The van der Waals surface area contributed by atoms with Gasteiger partial charge in [-0.15, -0.1) is 6.54 Å². The van der Waals surface area contributed by atoms with Crippen molar-refractivity contribution in [1.82, 2.24) is 9.80 Å². The molecule has 0 saturated carbocycles. The number of unbranched alkanes of at least 4 members (excludes halogenated alkanes) is 3. The molecule has 217 valence electrons. The van der Waals surface area contributed by atoms with Gasteiger partial charge in [-0.3, -0.25) is 6.79 Å². The van der Waals surface area contributed by atoms with Gasteiger partial charge in [0, 0.05) is 46.8 Å². The van der Waals surface area contributed by atoms with E-state index in [4.69, 9.17) is 20.7 Å². The van der Waals surface area contributed by atoms with Crippen LogP contribution in [-0.2, 0) is 38.2 Å². The van der Waals surface area contributed by atoms with E-state index in [2.05, 4.69) is 46.9 Å². The van der Waals surface area contributed by atoms with E-state index in [0.717, 1.165) is 45.3 Å². The van der Waals surface area contributed by atoms with Crippen molar-refractivity contribution < 1.29 is 40.5 Å². The number of rotatable bonds is 13. The molecule has 0 spiro atoms. The molecule has 8 heteroatoms. The summed E-state index contributed by atoms with van der Waals surface area (Å²) in [6.07, 6.45) is 8.92. The minimum absolute atomic E-state index is 0. The van der Waals surface area contributed by atoms with Crippen LogP contribution in [0.5, 0.6) is 5.75 Å². The Balaban J connectivity index is 0. The molecule has 0 bridgehead atoms. The number of phenolic OH excluding ortho intramolecular Hbond substituents is 1. The van der Waals surface area contributed by atoms with E-state index in [0.29, 0.717) is 12.3 Å². The maximum absolute atomic E-state index is 10.0. The molecule has 0 amide bonds. The molecule has 0 aromatic heterocycles. The van der Waals surface area contributed by atoms with Crippen LogP contribution in [0, 0.1) is 5.92 Å². The van der Waals surface area contributed by atoms with Gasteiger partial charge in [0.25, 0.3) is 0 Å². The van der Waals surface area contributed by atoms with Crippen molar-refractivity contribution in [3.05, 3.63) is 71.5 Å². The van der Waals surface area contributed by atoms with Crippen LogP contribution in [0.4, 0.5) is 0 Å². The van der Waals surface area contributed by atoms with Gasteiger partial charge in [-0.1, -0.05) is 61.4 Å². The summed E-state index contributed by atoms with van der Waals surface area (Å²) < 4.78 is 0. The number of nitrogens with one attached hydrogen (secondary N) is 1. The zero-order chi connectivity index (χ0) is 27.7. The number of aromatic hydroxyl groups is 1. The van der Waals surface area contributed by atoms with Gasteiger partial charge in [-0.05, 0) is 82.4 Å². The molecule has 38 heavy (non-hydrogen) atoms. The van der Waals surface area contributed by atoms with E-state index < -0.39 is 0 Å². The van der Waals surface area contributed by atoms with Gasteiger partial charge in [0.2, 0.25) is 0 Å². The van der Waals surface area contributed by atoms with Gasteiger partial charge in [0.05, 0.1) is 0 Å². The quantitative estimate of drug-likeness (QED) is 0.159. The predicted octanol–water partition coefficient (Wildman–Crippen LogP) is 4.70. The number of phenols is 1. The molecule has 1 aliphatic rings. The van der Waals surface area contributed by atoms with Gasteiger partial charge < -0.3 is 35.6 Å². The Morgan fingerprint density at radius 3 is 2.05 bits per heavy atom. The monoisotopic (exact) mass is 702 g/mol. The van der Waals surface area contributed by atoms with Gasteiger partial charge in [-0.2, -0.15) is 0 Å². The molecule has 4 N–H and O–H groups in total. The van der Waals surface area contributed by atoms with E-state index in [1.54, 1.807) is 6.07 Å². The first kappa shape index (κ1) is 38.5. The summed E-state index contributed by atoms with van der Waals surface area (Å²) in [6.45, 7) is 9.94. The first-order chi connectivity index (χ1) is 18.2. The Labute approximate surface area is 244 Å². The third-order valence-corrected chi connectivity index (χ3v) is 6.59. The van der Waals surface area contributed by atoms with E-state index >= 15 is 0 Å². The molecule has 0 aliphatic carbocycles. The average molecular weight is 702 g/mol. The number of nitrogens with zero attached hydrogens (tertiary/aromatic N) is 2. The summed E-state index contributed by atoms with van der Waals surface area (Å²) in [4.78, 5) is 12.7. The minimum atomic E-state index is 0. The van der Waals surface area contributed by atoms with E-state index in [1.165, 1.54) is 70.1 Å². The van der Waals surface area contributed by atoms with Crippen LogP contribution in [0.3, 0.4) is 0 Å². The van der Waals surface area contributed by atoms with Crippen LogP contribution in [0.2, 0.25) is 0 Å². The number of hydrogen-bond donors (Lipinski definition) is 3. The van der Waals surface area contributed by atoms with E-state index in [1.807, 2.05) is 18.2 Å². The molecule has 1 heterocycles. The van der Waals surface area contributed by atoms with Crippen LogP contribution in [-0.4, -0.2) is 85.4 Å². The van der Waals surface area contributed by atoms with Crippen molar-refractivity contribution in [3.63, 3.8) is 0 Å². The second kappa shape index (κ2) is 27.0. The summed E-state index contributed by atoms with van der Waals surface area (Å²) in [5, 5.41) is 24.0. The van der Waals surface area contributed by atoms with Crippen LogP contribution < -0.4 is 0 Å². The van der Waals surface area contributed by atoms with Crippen molar-refractivity contribution >= 4 is 6.79 Å². The minimum Gasteiger partial charge on any atom is -0.676 e. The zero-order valence-corrected chi connectivity index (χ0v) is 26.0. The van der Waals surface area contributed by atoms with Crippen molar-refractivity contribution in [3.8, 4) is 5.75 Å². The third-order valence-electron chi connectivity index (χ3n) is 6.59. The number of para-hydroxylation sites is 1. The number of piperidine rings is 1. The molecule has 2 aromatic rings. The zero-order valence-electron chi connectivity index (χ0n) is 23.3. The fraction of sp³-hybridized carbons (Fsp3) is 0.567. The molecule has 0 atom stereocenters. The maximum Gasteiger partial charge on any atom is 0.120 e. The molecule has 3 rings (SSSR count). The summed E-state index contributed by atoms with van der Waals surface area (Å²) in [7, 11) is 2.00. The molecule has 1 saturated heterocycles. The molecule has 1 radical (unpaired) electrons. The number of aliphatic hydroxyl groups is 2. The van der Waals surface area contributed by atoms with E-state index in [-0.39, 0.29) is 20.4 Å². The van der Waals surface area contributed by atoms with Gasteiger partial charge in [-0.25, -0.2) is 0 Å². The maximum atomic E-state index is 10.0. The molecular weight excluding hydrogens is 653 g/mol. The van der Waals surface area contributed by atoms with Crippen LogP contribution >= 0.6 is 0 Å². The Bertz CT molecular complexity index is 762. The number of hydrogen-bond acceptors (Lipinski definition) is 6. The molecule has 7 nitrogen and oxygen atoms in total. The number of aliphatic hydroxyl groups excluding tert-OH is 2. The summed E-state index contributed by atoms with van der Waals surface area (Å²) >= 11 is 0. The molecular formula is C30H49N3O4Re-2. The Hall–Kier alpha value is -1.63. The topological polar surface area (TPSA) is 108 Å². The Kier molecular flexibility index (Phi) is 27.3. The normalized spacial score (nSPS) is 13.1. The summed E-state index contributed by atoms with van der Waals surface area (Å²) in [5.41, 5.74) is 10.0. The van der Waals surface area contributed by atoms with Crippen LogP contribution in [0.1, 0.15) is 49.7 Å². The Morgan fingerprint density at radius 2 is 1.45 bits per heavy atom. The van der Waals surface area contributed by atoms with Gasteiger partial charge >= 0.3 is 0 Å². The van der Waals surface area contributed by atoms with Crippen molar-refractivity contribution in [2.24, 2.45) is 5.92 Å². The third kappa shape index (κ3) is 17.1. The molecule has 2 aromatic carbocycles. The van der Waals surface area contributed by atoms with Crippen molar-refractivity contribution in [2.45, 2.75) is 51.5 Å². The van der Waals surface area contributed by atoms with Gasteiger partial charge in [0.15, 0.2) is 0 Å². The van der Waals surface area contributed by atoms with E-state index in [9.17, 15) is 5.11 Å². The first-order valence-electron chi connectivity index (χ1n) is 13.3. The standard InChI is InChI=1S/C27H40N3O.2CH4O.CHO.Re/c28-16-21-30(23-26-12-6-7-13-27(26)31)18-9-2-1-8-17-29-19-14-25(15-20-29)22-24-10-4-3-5-11-24;3*1-2;/h3-7,10-13,25,28,31H,1-2,8-9,14-23H2;2*2H,1H3;1H;/q-1;;;-1;. The molecule has 1 fully saturated rings. The van der Waals surface area contributed by atoms with Crippen LogP contribution in [0.15, 0.2) is 54.6 Å². The van der Waals surface area contributed by atoms with Crippen molar-refractivity contribution in [2.75, 3.05) is 53.5 Å². The van der Waals surface area contributed by atoms with Gasteiger partial charge in [0.1, 0.15) is 5.75 Å². The smallest absolute Gasteiger partial charge is 0.120 e. The second-order valence-corrected chi connectivity index (χ2v) is 9.04. The second-order valence-electron chi connectivity index (χ2n) is 9.04. The SMILES string of the molecule is CO.CO.[CH-]=O.[NH-]CCN(CCCCCCN1CCC(Cc2ccccc2)CC1)Cc1ccccc1O.[Re]. The number of likely N-dealkylation sites (tertiary alicyclic amines) is 1. The summed E-state index contributed by atoms with van der Waals surface area (Å²) in [6, 6.07) is 18.5. The predicted molar refractivity (Wildman–Crippen MR) is 153 cm³/mol. The number of carbonyl (C=O) groups excluding carboxylic acids is 1. The largest absolute Gasteiger partial charge is 0.676 e. The number of benzene rings is 2. The molecule has 1 aliphatic heterocycles. The first-order valence-corrected chi connectivity index (χ1v) is 13.3.